The van der Waals surface area contributed by atoms with Crippen LogP contribution >= 0.6 is 11.6 Å². The summed E-state index contributed by atoms with van der Waals surface area (Å²) < 4.78 is 1.96. The zero-order chi connectivity index (χ0) is 14.4. The van der Waals surface area contributed by atoms with Gasteiger partial charge in [0.05, 0.1) is 6.54 Å². The molecule has 0 aliphatic heterocycles. The molecular weight excluding hydrogens is 272 g/mol. The average Bonchev–Trinajstić information content (AvgIpc) is 2.88. The van der Waals surface area contributed by atoms with Crippen molar-refractivity contribution in [1.29, 1.82) is 0 Å². The first-order valence-corrected chi connectivity index (χ1v) is 7.44. The molecule has 0 radical (unpaired) electrons. The summed E-state index contributed by atoms with van der Waals surface area (Å²) in [5.41, 5.74) is 1.29. The minimum Gasteiger partial charge on any atom is -0.290 e. The van der Waals surface area contributed by atoms with Crippen LogP contribution in [0, 0.1) is 0 Å². The monoisotopic (exact) mass is 292 g/mol. The number of alkyl halides is 1. The number of halogens is 1. The molecule has 0 fully saturated rings. The van der Waals surface area contributed by atoms with Gasteiger partial charge in [-0.25, -0.2) is 9.67 Å². The quantitative estimate of drug-likeness (QED) is 0.735. The molecule has 5 heteroatoms. The van der Waals surface area contributed by atoms with Gasteiger partial charge in [0.15, 0.2) is 0 Å². The predicted octanol–water partition coefficient (Wildman–Crippen LogP) is 3.10. The zero-order valence-electron chi connectivity index (χ0n) is 12.0. The zero-order valence-corrected chi connectivity index (χ0v) is 12.8. The van der Waals surface area contributed by atoms with Crippen LogP contribution in [0.1, 0.15) is 31.3 Å². The van der Waals surface area contributed by atoms with E-state index in [-0.39, 0.29) is 0 Å². The number of nitrogens with zero attached hydrogens (tertiary/aromatic N) is 4. The highest BCUT2D eigenvalue weighted by atomic mass is 35.5. The van der Waals surface area contributed by atoms with Crippen LogP contribution in [0.15, 0.2) is 36.7 Å². The topological polar surface area (TPSA) is 34.0 Å². The molecule has 0 spiro atoms. The number of benzene rings is 1. The van der Waals surface area contributed by atoms with E-state index in [4.69, 9.17) is 11.6 Å². The maximum Gasteiger partial charge on any atom is 0.141 e. The summed E-state index contributed by atoms with van der Waals surface area (Å²) >= 11 is 5.92. The van der Waals surface area contributed by atoms with Gasteiger partial charge in [0.1, 0.15) is 12.2 Å². The van der Waals surface area contributed by atoms with E-state index in [0.29, 0.717) is 11.9 Å². The Morgan fingerprint density at radius 1 is 1.20 bits per heavy atom. The Morgan fingerprint density at radius 2 is 1.95 bits per heavy atom. The first-order chi connectivity index (χ1) is 9.70. The fourth-order valence-electron chi connectivity index (χ4n) is 2.19. The summed E-state index contributed by atoms with van der Waals surface area (Å²) in [7, 11) is 0. The minimum atomic E-state index is 0.321. The molecular formula is C15H21ClN4. The third kappa shape index (κ3) is 4.05. The highest BCUT2D eigenvalue weighted by Crippen LogP contribution is 2.11. The second-order valence-electron chi connectivity index (χ2n) is 5.10. The van der Waals surface area contributed by atoms with Crippen LogP contribution in [-0.2, 0) is 13.1 Å². The lowest BCUT2D eigenvalue weighted by molar-refractivity contribution is 0.257. The molecule has 0 aliphatic carbocycles. The van der Waals surface area contributed by atoms with Crippen LogP contribution in [-0.4, -0.2) is 32.1 Å². The van der Waals surface area contributed by atoms with E-state index < -0.39 is 0 Å². The Kier molecular flexibility index (Phi) is 5.56. The number of hydrogen-bond acceptors (Lipinski definition) is 3. The van der Waals surface area contributed by atoms with Gasteiger partial charge in [-0.3, -0.25) is 4.90 Å². The molecule has 0 aliphatic rings. The van der Waals surface area contributed by atoms with Crippen LogP contribution in [0.4, 0.5) is 0 Å². The molecule has 0 N–H and O–H groups in total. The van der Waals surface area contributed by atoms with E-state index in [9.17, 15) is 0 Å². The van der Waals surface area contributed by atoms with Gasteiger partial charge in [-0.2, -0.15) is 5.10 Å². The Morgan fingerprint density at radius 3 is 2.60 bits per heavy atom. The molecule has 1 heterocycles. The van der Waals surface area contributed by atoms with Crippen molar-refractivity contribution in [3.05, 3.63) is 48.0 Å². The molecule has 0 saturated heterocycles. The molecule has 108 valence electrons. The van der Waals surface area contributed by atoms with Crippen LogP contribution < -0.4 is 0 Å². The third-order valence-corrected chi connectivity index (χ3v) is 3.32. The largest absolute Gasteiger partial charge is 0.290 e. The molecule has 2 rings (SSSR count). The van der Waals surface area contributed by atoms with Crippen LogP contribution in [0.25, 0.3) is 0 Å². The Bertz CT molecular complexity index is 510. The summed E-state index contributed by atoms with van der Waals surface area (Å²) in [6, 6.07) is 10.7. The van der Waals surface area contributed by atoms with E-state index >= 15 is 0 Å². The van der Waals surface area contributed by atoms with Crippen molar-refractivity contribution in [2.24, 2.45) is 0 Å². The Labute approximate surface area is 125 Å². The number of hydrogen-bond donors (Lipinski definition) is 0. The van der Waals surface area contributed by atoms with E-state index in [1.165, 1.54) is 5.56 Å². The Balaban J connectivity index is 2.07. The maximum absolute atomic E-state index is 5.92. The van der Waals surface area contributed by atoms with E-state index in [1.807, 2.05) is 10.7 Å². The van der Waals surface area contributed by atoms with Gasteiger partial charge >= 0.3 is 0 Å². The smallest absolute Gasteiger partial charge is 0.141 e. The van der Waals surface area contributed by atoms with Crippen molar-refractivity contribution in [3.63, 3.8) is 0 Å². The minimum absolute atomic E-state index is 0.321. The van der Waals surface area contributed by atoms with Gasteiger partial charge in [-0.05, 0) is 19.4 Å². The molecule has 0 unspecified atom stereocenters. The summed E-state index contributed by atoms with van der Waals surface area (Å²) in [4.78, 5) is 6.67. The van der Waals surface area contributed by atoms with E-state index in [1.54, 1.807) is 6.33 Å². The maximum atomic E-state index is 5.92. The van der Waals surface area contributed by atoms with Gasteiger partial charge in [0.25, 0.3) is 0 Å². The molecule has 1 aromatic carbocycles. The average molecular weight is 293 g/mol. The molecule has 2 aromatic rings. The molecule has 0 amide bonds. The first kappa shape index (κ1) is 15.0. The molecule has 1 aromatic heterocycles. The van der Waals surface area contributed by atoms with Crippen molar-refractivity contribution in [1.82, 2.24) is 19.7 Å². The van der Waals surface area contributed by atoms with Crippen molar-refractivity contribution in [2.45, 2.75) is 33.0 Å². The van der Waals surface area contributed by atoms with E-state index in [0.717, 1.165) is 25.5 Å². The van der Waals surface area contributed by atoms with Crippen molar-refractivity contribution < 1.29 is 0 Å². The number of aromatic nitrogens is 3. The van der Waals surface area contributed by atoms with Gasteiger partial charge in [-0.15, -0.1) is 11.6 Å². The second-order valence-corrected chi connectivity index (χ2v) is 5.48. The van der Waals surface area contributed by atoms with Crippen molar-refractivity contribution >= 4 is 11.6 Å². The van der Waals surface area contributed by atoms with Crippen LogP contribution in [0.2, 0.25) is 0 Å². The fraction of sp³-hybridized carbons (Fsp3) is 0.467. The van der Waals surface area contributed by atoms with Gasteiger partial charge in [0, 0.05) is 25.0 Å². The lowest BCUT2D eigenvalue weighted by Crippen LogP contribution is -2.27. The normalized spacial score (nSPS) is 11.4. The molecule has 4 nitrogen and oxygen atoms in total. The van der Waals surface area contributed by atoms with Crippen LogP contribution in [0.5, 0.6) is 0 Å². The Hall–Kier alpha value is -1.39. The summed E-state index contributed by atoms with van der Waals surface area (Å²) in [6.45, 7) is 6.70. The van der Waals surface area contributed by atoms with E-state index in [2.05, 4.69) is 53.1 Å². The lowest BCUT2D eigenvalue weighted by atomic mass is 10.2. The second kappa shape index (κ2) is 7.41. The summed E-state index contributed by atoms with van der Waals surface area (Å²) in [5.74, 6) is 1.60. The molecule has 0 atom stereocenters. The summed E-state index contributed by atoms with van der Waals surface area (Å²) in [5, 5.41) is 4.28. The van der Waals surface area contributed by atoms with Gasteiger partial charge in [-0.1, -0.05) is 30.3 Å². The number of rotatable bonds is 7. The molecule has 20 heavy (non-hydrogen) atoms. The van der Waals surface area contributed by atoms with Crippen molar-refractivity contribution in [2.75, 3.05) is 12.4 Å². The highest BCUT2D eigenvalue weighted by molar-refractivity contribution is 6.18. The molecule has 0 bridgehead atoms. The van der Waals surface area contributed by atoms with Crippen LogP contribution in [0.3, 0.4) is 0 Å². The summed E-state index contributed by atoms with van der Waals surface area (Å²) in [6.07, 6.45) is 1.62. The SMILES string of the molecule is CC(C)n1ncnc1CN(CCCl)Cc1ccccc1. The fourth-order valence-corrected chi connectivity index (χ4v) is 2.43. The lowest BCUT2D eigenvalue weighted by Gasteiger charge is -2.21. The standard InChI is InChI=1S/C15H21ClN4/c1-13(2)20-15(17-12-18-20)11-19(9-8-16)10-14-6-4-3-5-7-14/h3-7,12-13H,8-11H2,1-2H3. The predicted molar refractivity (Wildman–Crippen MR) is 81.7 cm³/mol. The van der Waals surface area contributed by atoms with Crippen molar-refractivity contribution in [3.8, 4) is 0 Å². The van der Waals surface area contributed by atoms with Gasteiger partial charge < -0.3 is 0 Å². The highest BCUT2D eigenvalue weighted by Gasteiger charge is 2.13. The third-order valence-electron chi connectivity index (χ3n) is 3.15. The van der Waals surface area contributed by atoms with Gasteiger partial charge in [0.2, 0.25) is 0 Å². The molecule has 0 saturated carbocycles. The first-order valence-electron chi connectivity index (χ1n) is 6.91.